The molecule has 2 aromatic rings. The molecule has 0 unspecified atom stereocenters. The highest BCUT2D eigenvalue weighted by atomic mass is 16.2. The fourth-order valence-corrected chi connectivity index (χ4v) is 7.70. The second-order valence-electron chi connectivity index (χ2n) is 12.2. The molecule has 6 rings (SSSR count). The number of hydrogen-bond donors (Lipinski definition) is 1. The predicted octanol–water partition coefficient (Wildman–Crippen LogP) is 3.54. The molecule has 0 aromatic carbocycles. The highest BCUT2D eigenvalue weighted by molar-refractivity contribution is 5.77. The van der Waals surface area contributed by atoms with Crippen molar-refractivity contribution in [2.24, 2.45) is 29.1 Å². The number of carbonyl (C=O) groups is 1. The van der Waals surface area contributed by atoms with E-state index in [-0.39, 0.29) is 29.8 Å². The molecule has 0 aliphatic heterocycles. The van der Waals surface area contributed by atoms with Crippen molar-refractivity contribution in [2.75, 3.05) is 0 Å². The van der Waals surface area contributed by atoms with Gasteiger partial charge >= 0.3 is 5.69 Å². The zero-order valence-corrected chi connectivity index (χ0v) is 21.8. The zero-order valence-electron chi connectivity index (χ0n) is 21.8. The number of fused-ring (bicyclic) bond motifs is 1. The third-order valence-electron chi connectivity index (χ3n) is 8.97. The molecule has 0 spiro atoms. The van der Waals surface area contributed by atoms with Gasteiger partial charge in [-0.05, 0) is 81.0 Å². The van der Waals surface area contributed by atoms with Gasteiger partial charge in [0.15, 0.2) is 11.2 Å². The number of carbonyl (C=O) groups excluding carboxylic acids is 1. The van der Waals surface area contributed by atoms with Crippen molar-refractivity contribution in [2.45, 2.75) is 105 Å². The van der Waals surface area contributed by atoms with Gasteiger partial charge < -0.3 is 9.88 Å². The summed E-state index contributed by atoms with van der Waals surface area (Å²) >= 11 is 0. The van der Waals surface area contributed by atoms with Crippen molar-refractivity contribution in [3.63, 3.8) is 0 Å². The largest absolute Gasteiger partial charge is 0.352 e. The number of aryl methyl sites for hydroxylation is 1. The van der Waals surface area contributed by atoms with E-state index in [0.29, 0.717) is 24.3 Å². The number of rotatable bonds is 9. The Hall–Kier alpha value is -2.38. The summed E-state index contributed by atoms with van der Waals surface area (Å²) in [5.74, 6) is 2.36. The lowest BCUT2D eigenvalue weighted by Crippen LogP contribution is -2.56. The normalized spacial score (nSPS) is 28.2. The van der Waals surface area contributed by atoms with Crippen LogP contribution in [0.25, 0.3) is 11.2 Å². The standard InChI is InChI=1S/C27H41N5O3/c1-5-6-7-30-16-28-24-23(30)25(34)32(26(35)31(24)14-17(2)3)15-22(33)29-18(4)27-11-19-8-20(12-27)10-21(9-19)13-27/h16-21H,5-15H2,1-4H3,(H,29,33)/t18-,19?,20?,21?,27?/m0/s1. The fraction of sp³-hybridized carbons (Fsp3) is 0.778. The molecule has 8 heteroatoms. The van der Waals surface area contributed by atoms with Gasteiger partial charge in [0.05, 0.1) is 6.33 Å². The summed E-state index contributed by atoms with van der Waals surface area (Å²) in [6, 6.07) is 0.0517. The number of amides is 1. The van der Waals surface area contributed by atoms with Crippen molar-refractivity contribution in [1.29, 1.82) is 0 Å². The minimum Gasteiger partial charge on any atom is -0.352 e. The Bertz CT molecular complexity index is 1180. The first-order valence-corrected chi connectivity index (χ1v) is 13.7. The van der Waals surface area contributed by atoms with Crippen LogP contribution in [0.3, 0.4) is 0 Å². The Labute approximate surface area is 207 Å². The van der Waals surface area contributed by atoms with E-state index in [0.717, 1.165) is 35.2 Å². The topological polar surface area (TPSA) is 90.9 Å². The van der Waals surface area contributed by atoms with E-state index in [2.05, 4.69) is 24.1 Å². The molecular weight excluding hydrogens is 442 g/mol. The minimum atomic E-state index is -0.449. The van der Waals surface area contributed by atoms with E-state index in [4.69, 9.17) is 0 Å². The maximum atomic E-state index is 13.5. The number of nitrogens with zero attached hydrogens (tertiary/aromatic N) is 4. The van der Waals surface area contributed by atoms with Gasteiger partial charge in [-0.25, -0.2) is 14.3 Å². The van der Waals surface area contributed by atoms with Gasteiger partial charge in [-0.15, -0.1) is 0 Å². The monoisotopic (exact) mass is 483 g/mol. The molecule has 8 nitrogen and oxygen atoms in total. The minimum absolute atomic E-state index is 0.0517. The Morgan fingerprint density at radius 3 is 2.29 bits per heavy atom. The maximum Gasteiger partial charge on any atom is 0.333 e. The predicted molar refractivity (Wildman–Crippen MR) is 136 cm³/mol. The van der Waals surface area contributed by atoms with Crippen LogP contribution < -0.4 is 16.6 Å². The van der Waals surface area contributed by atoms with Crippen LogP contribution in [0.2, 0.25) is 0 Å². The van der Waals surface area contributed by atoms with Crippen LogP contribution >= 0.6 is 0 Å². The second kappa shape index (κ2) is 9.25. The van der Waals surface area contributed by atoms with Crippen molar-refractivity contribution < 1.29 is 4.79 Å². The number of unbranched alkanes of at least 4 members (excludes halogenated alkanes) is 1. The van der Waals surface area contributed by atoms with E-state index >= 15 is 0 Å². The number of aromatic nitrogens is 4. The van der Waals surface area contributed by atoms with Crippen LogP contribution in [0.1, 0.15) is 79.1 Å². The SMILES string of the molecule is CCCCn1cnc2c1c(=O)n(CC(=O)N[C@@H](C)C13CC4CC(CC(C4)C1)C3)c(=O)n2CC(C)C. The third-order valence-corrected chi connectivity index (χ3v) is 8.97. The first-order valence-electron chi connectivity index (χ1n) is 13.7. The molecule has 1 amide bonds. The Morgan fingerprint density at radius 2 is 1.71 bits per heavy atom. The summed E-state index contributed by atoms with van der Waals surface area (Å²) in [5, 5.41) is 3.22. The van der Waals surface area contributed by atoms with Crippen LogP contribution in [0.15, 0.2) is 15.9 Å². The van der Waals surface area contributed by atoms with Gasteiger partial charge in [-0.3, -0.25) is 14.2 Å². The second-order valence-corrected chi connectivity index (χ2v) is 12.2. The molecule has 1 N–H and O–H groups in total. The molecule has 0 saturated heterocycles. The quantitative estimate of drug-likeness (QED) is 0.591. The van der Waals surface area contributed by atoms with Crippen molar-refractivity contribution in [1.82, 2.24) is 24.0 Å². The van der Waals surface area contributed by atoms with Gasteiger partial charge in [0, 0.05) is 19.1 Å². The molecule has 35 heavy (non-hydrogen) atoms. The van der Waals surface area contributed by atoms with Gasteiger partial charge in [0.2, 0.25) is 5.91 Å². The van der Waals surface area contributed by atoms with E-state index < -0.39 is 11.2 Å². The lowest BCUT2D eigenvalue weighted by Gasteiger charge is -2.59. The zero-order chi connectivity index (χ0) is 24.9. The molecule has 4 aliphatic carbocycles. The van der Waals surface area contributed by atoms with Crippen LogP contribution in [0.4, 0.5) is 0 Å². The van der Waals surface area contributed by atoms with E-state index in [1.165, 1.54) is 38.5 Å². The molecule has 192 valence electrons. The lowest BCUT2D eigenvalue weighted by molar-refractivity contribution is -0.126. The maximum absolute atomic E-state index is 13.5. The molecular formula is C27H41N5O3. The van der Waals surface area contributed by atoms with E-state index in [9.17, 15) is 14.4 Å². The first kappa shape index (κ1) is 24.3. The van der Waals surface area contributed by atoms with Gasteiger partial charge in [0.25, 0.3) is 5.56 Å². The van der Waals surface area contributed by atoms with Crippen molar-refractivity contribution in [3.8, 4) is 0 Å². The lowest BCUT2D eigenvalue weighted by atomic mass is 9.48. The highest BCUT2D eigenvalue weighted by Crippen LogP contribution is 2.61. The first-order chi connectivity index (χ1) is 16.7. The van der Waals surface area contributed by atoms with Gasteiger partial charge in [-0.1, -0.05) is 27.2 Å². The summed E-state index contributed by atoms with van der Waals surface area (Å²) in [4.78, 5) is 44.6. The molecule has 4 aliphatic rings. The number of nitrogens with one attached hydrogen (secondary N) is 1. The Kier molecular flexibility index (Phi) is 6.43. The molecule has 1 atom stereocenters. The molecule has 2 aromatic heterocycles. The highest BCUT2D eigenvalue weighted by Gasteiger charge is 2.53. The molecule has 0 radical (unpaired) electrons. The van der Waals surface area contributed by atoms with Crippen LogP contribution in [0.5, 0.6) is 0 Å². The van der Waals surface area contributed by atoms with Gasteiger partial charge in [-0.2, -0.15) is 0 Å². The molecule has 4 saturated carbocycles. The van der Waals surface area contributed by atoms with Crippen molar-refractivity contribution >= 4 is 17.1 Å². The van der Waals surface area contributed by atoms with Crippen LogP contribution in [-0.4, -0.2) is 30.6 Å². The van der Waals surface area contributed by atoms with Crippen molar-refractivity contribution in [3.05, 3.63) is 27.2 Å². The van der Waals surface area contributed by atoms with Crippen LogP contribution in [-0.2, 0) is 24.4 Å². The van der Waals surface area contributed by atoms with E-state index in [1.807, 2.05) is 18.4 Å². The average Bonchev–Trinajstić information content (AvgIpc) is 3.21. The average molecular weight is 484 g/mol. The Balaban J connectivity index is 1.42. The summed E-state index contributed by atoms with van der Waals surface area (Å²) in [7, 11) is 0. The summed E-state index contributed by atoms with van der Waals surface area (Å²) < 4.78 is 4.53. The van der Waals surface area contributed by atoms with Crippen LogP contribution in [0, 0.1) is 29.1 Å². The number of imidazole rings is 1. The van der Waals surface area contributed by atoms with Gasteiger partial charge in [0.1, 0.15) is 6.54 Å². The summed E-state index contributed by atoms with van der Waals surface area (Å²) in [6.45, 7) is 9.16. The Morgan fingerprint density at radius 1 is 1.09 bits per heavy atom. The smallest absolute Gasteiger partial charge is 0.333 e. The number of hydrogen-bond acceptors (Lipinski definition) is 4. The van der Waals surface area contributed by atoms with E-state index in [1.54, 1.807) is 10.9 Å². The summed E-state index contributed by atoms with van der Waals surface area (Å²) in [6.07, 6.45) is 11.2. The fourth-order valence-electron chi connectivity index (χ4n) is 7.70. The molecule has 2 heterocycles. The molecule has 4 fully saturated rings. The molecule has 4 bridgehead atoms. The summed E-state index contributed by atoms with van der Waals surface area (Å²) in [5.41, 5.74) is 0.144. The third kappa shape index (κ3) is 4.38.